The van der Waals surface area contributed by atoms with Crippen LogP contribution in [0.15, 0.2) is 18.2 Å². The van der Waals surface area contributed by atoms with Gasteiger partial charge in [0.1, 0.15) is 11.6 Å². The Morgan fingerprint density at radius 3 is 2.35 bits per heavy atom. The fraction of sp³-hybridized carbons (Fsp3) is 0.538. The Bertz CT molecular complexity index is 560. The molecule has 0 atom stereocenters. The van der Waals surface area contributed by atoms with E-state index in [0.717, 1.165) is 31.4 Å². The predicted molar refractivity (Wildman–Crippen MR) is 70.6 cm³/mol. The van der Waals surface area contributed by atoms with Crippen molar-refractivity contribution >= 4 is 10.0 Å². The van der Waals surface area contributed by atoms with Crippen LogP contribution in [0.2, 0.25) is 0 Å². The summed E-state index contributed by atoms with van der Waals surface area (Å²) in [5, 5.41) is 0. The number of hydrogen-bond acceptors (Lipinski definition) is 3. The lowest BCUT2D eigenvalue weighted by atomic mass is 9.80. The van der Waals surface area contributed by atoms with E-state index >= 15 is 0 Å². The molecule has 2 rings (SSSR count). The summed E-state index contributed by atoms with van der Waals surface area (Å²) in [6.07, 6.45) is 2.54. The van der Waals surface area contributed by atoms with E-state index in [4.69, 9.17) is 4.74 Å². The molecule has 0 radical (unpaired) electrons. The molecule has 20 heavy (non-hydrogen) atoms. The van der Waals surface area contributed by atoms with Gasteiger partial charge in [-0.05, 0) is 31.4 Å². The monoisotopic (exact) mass is 305 g/mol. The summed E-state index contributed by atoms with van der Waals surface area (Å²) >= 11 is 0. The third-order valence-corrected chi connectivity index (χ3v) is 4.96. The van der Waals surface area contributed by atoms with Gasteiger partial charge in [0.05, 0.1) is 11.4 Å². The molecule has 0 aliphatic heterocycles. The minimum Gasteiger partial charge on any atom is -0.377 e. The van der Waals surface area contributed by atoms with Crippen LogP contribution in [0.5, 0.6) is 0 Å². The highest BCUT2D eigenvalue weighted by Gasteiger charge is 2.37. The molecule has 0 spiro atoms. The van der Waals surface area contributed by atoms with Gasteiger partial charge < -0.3 is 4.74 Å². The smallest absolute Gasteiger partial charge is 0.216 e. The van der Waals surface area contributed by atoms with Crippen molar-refractivity contribution in [2.45, 2.75) is 30.6 Å². The van der Waals surface area contributed by atoms with Crippen LogP contribution in [-0.4, -0.2) is 27.7 Å². The molecule has 0 amide bonds. The first-order valence-corrected chi connectivity index (χ1v) is 7.98. The van der Waals surface area contributed by atoms with Crippen LogP contribution in [0.25, 0.3) is 0 Å². The molecule has 7 heteroatoms. The van der Waals surface area contributed by atoms with Crippen LogP contribution in [-0.2, 0) is 20.5 Å². The quantitative estimate of drug-likeness (QED) is 0.874. The molecule has 4 nitrogen and oxygen atoms in total. The van der Waals surface area contributed by atoms with Crippen molar-refractivity contribution in [3.8, 4) is 0 Å². The maximum absolute atomic E-state index is 13.4. The van der Waals surface area contributed by atoms with Crippen molar-refractivity contribution in [2.24, 2.45) is 0 Å². The van der Waals surface area contributed by atoms with Gasteiger partial charge in [-0.25, -0.2) is 21.9 Å². The molecular formula is C13H17F2NO3S. The number of methoxy groups -OCH3 is 1. The Balaban J connectivity index is 2.04. The van der Waals surface area contributed by atoms with E-state index in [1.165, 1.54) is 13.2 Å². The van der Waals surface area contributed by atoms with Gasteiger partial charge >= 0.3 is 0 Å². The minimum absolute atomic E-state index is 0.127. The fourth-order valence-corrected chi connectivity index (χ4v) is 3.42. The second-order valence-electron chi connectivity index (χ2n) is 5.02. The van der Waals surface area contributed by atoms with Crippen molar-refractivity contribution in [3.05, 3.63) is 35.4 Å². The van der Waals surface area contributed by atoms with Gasteiger partial charge in [0, 0.05) is 19.2 Å². The van der Waals surface area contributed by atoms with E-state index in [-0.39, 0.29) is 6.54 Å². The lowest BCUT2D eigenvalue weighted by molar-refractivity contribution is -0.0659. The first-order valence-electron chi connectivity index (χ1n) is 6.33. The summed E-state index contributed by atoms with van der Waals surface area (Å²) < 4.78 is 58.4. The summed E-state index contributed by atoms with van der Waals surface area (Å²) in [4.78, 5) is 0. The summed E-state index contributed by atoms with van der Waals surface area (Å²) in [6, 6.07) is 3.27. The van der Waals surface area contributed by atoms with Gasteiger partial charge in [0.2, 0.25) is 10.0 Å². The standard InChI is InChI=1S/C13H17F2NO3S/c1-19-13(6-3-7-13)9-16-20(17,18)8-10-11(14)4-2-5-12(10)15/h2,4-5,16H,3,6-9H2,1H3. The van der Waals surface area contributed by atoms with Crippen LogP contribution < -0.4 is 4.72 Å². The van der Waals surface area contributed by atoms with Gasteiger partial charge in [0.25, 0.3) is 0 Å². The first-order chi connectivity index (χ1) is 9.37. The molecular weight excluding hydrogens is 288 g/mol. The lowest BCUT2D eigenvalue weighted by Crippen LogP contribution is -2.49. The molecule has 0 heterocycles. The molecule has 1 aliphatic rings. The van der Waals surface area contributed by atoms with Crippen molar-refractivity contribution in [1.29, 1.82) is 0 Å². The number of halogens is 2. The van der Waals surface area contributed by atoms with Gasteiger partial charge in [-0.3, -0.25) is 0 Å². The molecule has 1 aromatic rings. The maximum atomic E-state index is 13.4. The van der Waals surface area contributed by atoms with E-state index in [1.807, 2.05) is 0 Å². The van der Waals surface area contributed by atoms with Crippen LogP contribution in [0.4, 0.5) is 8.78 Å². The van der Waals surface area contributed by atoms with E-state index < -0.39 is 38.6 Å². The molecule has 1 N–H and O–H groups in total. The van der Waals surface area contributed by atoms with E-state index in [9.17, 15) is 17.2 Å². The molecule has 0 bridgehead atoms. The zero-order valence-corrected chi connectivity index (χ0v) is 12.0. The zero-order valence-electron chi connectivity index (χ0n) is 11.2. The normalized spacial score (nSPS) is 17.8. The predicted octanol–water partition coefficient (Wildman–Crippen LogP) is 1.95. The Kier molecular flexibility index (Phi) is 4.41. The number of hydrogen-bond donors (Lipinski definition) is 1. The third-order valence-electron chi connectivity index (χ3n) is 3.71. The van der Waals surface area contributed by atoms with Gasteiger partial charge in [-0.1, -0.05) is 6.07 Å². The number of sulfonamides is 1. The SMILES string of the molecule is COC1(CNS(=O)(=O)Cc2c(F)cccc2F)CCC1. The first kappa shape index (κ1) is 15.3. The summed E-state index contributed by atoms with van der Waals surface area (Å²) in [7, 11) is -2.28. The fourth-order valence-electron chi connectivity index (χ4n) is 2.18. The van der Waals surface area contributed by atoms with Gasteiger partial charge in [-0.15, -0.1) is 0 Å². The lowest BCUT2D eigenvalue weighted by Gasteiger charge is -2.40. The van der Waals surface area contributed by atoms with E-state index in [2.05, 4.69) is 4.72 Å². The van der Waals surface area contributed by atoms with E-state index in [0.29, 0.717) is 0 Å². The summed E-state index contributed by atoms with van der Waals surface area (Å²) in [5.74, 6) is -2.44. The Morgan fingerprint density at radius 2 is 1.90 bits per heavy atom. The Hall–Kier alpha value is -1.05. The summed E-state index contributed by atoms with van der Waals surface area (Å²) in [6.45, 7) is 0.127. The number of rotatable bonds is 6. The Labute approximate surface area is 117 Å². The molecule has 0 unspecified atom stereocenters. The molecule has 1 aromatic carbocycles. The van der Waals surface area contributed by atoms with Crippen LogP contribution >= 0.6 is 0 Å². The van der Waals surface area contributed by atoms with Crippen LogP contribution in [0, 0.1) is 11.6 Å². The van der Waals surface area contributed by atoms with Gasteiger partial charge in [0.15, 0.2) is 0 Å². The average molecular weight is 305 g/mol. The average Bonchev–Trinajstić information content (AvgIpc) is 2.33. The molecule has 1 aliphatic carbocycles. The molecule has 112 valence electrons. The molecule has 1 fully saturated rings. The van der Waals surface area contributed by atoms with Crippen molar-refractivity contribution in [1.82, 2.24) is 4.72 Å². The van der Waals surface area contributed by atoms with E-state index in [1.54, 1.807) is 0 Å². The number of benzene rings is 1. The summed E-state index contributed by atoms with van der Waals surface area (Å²) in [5.41, 5.74) is -0.916. The molecule has 0 saturated heterocycles. The third kappa shape index (κ3) is 3.34. The second-order valence-corrected chi connectivity index (χ2v) is 6.83. The Morgan fingerprint density at radius 1 is 1.30 bits per heavy atom. The van der Waals surface area contributed by atoms with Crippen molar-refractivity contribution < 1.29 is 21.9 Å². The highest BCUT2D eigenvalue weighted by Crippen LogP contribution is 2.34. The van der Waals surface area contributed by atoms with Crippen molar-refractivity contribution in [2.75, 3.05) is 13.7 Å². The van der Waals surface area contributed by atoms with Crippen molar-refractivity contribution in [3.63, 3.8) is 0 Å². The number of ether oxygens (including phenoxy) is 1. The van der Waals surface area contributed by atoms with Crippen LogP contribution in [0.1, 0.15) is 24.8 Å². The zero-order chi connectivity index (χ0) is 14.8. The topological polar surface area (TPSA) is 55.4 Å². The maximum Gasteiger partial charge on any atom is 0.216 e. The second kappa shape index (κ2) is 5.75. The van der Waals surface area contributed by atoms with Gasteiger partial charge in [-0.2, -0.15) is 0 Å². The molecule has 0 aromatic heterocycles. The van der Waals surface area contributed by atoms with Crippen LogP contribution in [0.3, 0.4) is 0 Å². The molecule has 1 saturated carbocycles. The highest BCUT2D eigenvalue weighted by atomic mass is 32.2. The minimum atomic E-state index is -3.81. The number of nitrogens with one attached hydrogen (secondary N) is 1. The largest absolute Gasteiger partial charge is 0.377 e. The highest BCUT2D eigenvalue weighted by molar-refractivity contribution is 7.88.